The van der Waals surface area contributed by atoms with E-state index in [-0.39, 0.29) is 0 Å². The topological polar surface area (TPSA) is 12.8 Å². The molecule has 6 aromatic carbocycles. The molecule has 0 amide bonds. The predicted molar refractivity (Wildman–Crippen MR) is 169 cm³/mol. The molecular formula is C36HB2F30O-. The largest absolute Gasteiger partial charge is 0.921 e. The van der Waals surface area contributed by atoms with Crippen LogP contribution in [0.1, 0.15) is 0 Å². The average molecular weight is 1040 g/mol. The van der Waals surface area contributed by atoms with Gasteiger partial charge in [0.2, 0.25) is 0 Å². The monoisotopic (exact) mass is 1040 g/mol. The number of hydrogen-bond donors (Lipinski definition) is 0. The lowest BCUT2D eigenvalue weighted by Gasteiger charge is -2.55. The molecule has 6 rings (SSSR count). The summed E-state index contributed by atoms with van der Waals surface area (Å²) in [6.45, 7) is 0. The van der Waals surface area contributed by atoms with E-state index in [0.717, 1.165) is 0 Å². The van der Waals surface area contributed by atoms with E-state index in [4.69, 9.17) is 0 Å². The Kier molecular flexibility index (Phi) is 12.8. The summed E-state index contributed by atoms with van der Waals surface area (Å²) in [7, 11) is 0. The van der Waals surface area contributed by atoms with E-state index < -0.39 is 220 Å². The van der Waals surface area contributed by atoms with Crippen LogP contribution in [0.2, 0.25) is 0 Å². The van der Waals surface area contributed by atoms with Crippen LogP contribution < -0.4 is 32.8 Å². The van der Waals surface area contributed by atoms with E-state index in [1.165, 1.54) is 0 Å². The molecule has 33 heteroatoms. The third-order valence-corrected chi connectivity index (χ3v) is 10.4. The zero-order valence-electron chi connectivity index (χ0n) is 30.9. The highest BCUT2D eigenvalue weighted by molar-refractivity contribution is 7.17. The maximum absolute atomic E-state index is 16.4. The third-order valence-electron chi connectivity index (χ3n) is 10.4. The van der Waals surface area contributed by atoms with Gasteiger partial charge in [0, 0.05) is 0 Å². The van der Waals surface area contributed by atoms with Gasteiger partial charge in [0.05, 0.1) is 0 Å². The molecule has 0 spiro atoms. The standard InChI is InChI=1S/C36HB2F30O/c39-7-1(8(40)20(52)31(63)19(7)51)37(2-9(41)21(53)32(64)22(54)10(2)42,3-11(43)23(55)33(65)24(56)12(3)44)69-38(4-13(45)25(57)34(66)26(58)14(4)46,5-15(47)27(59)35(67)28(60)16(5)48)6-17(49)29(61)36(68)30(62)18(6)50/h69H/q-1. The minimum absolute atomic E-state index is 2.07. The highest BCUT2D eigenvalue weighted by atomic mass is 19.2. The number of hydrogen-bond acceptors (Lipinski definition) is 0. The third kappa shape index (κ3) is 6.71. The second-order valence-corrected chi connectivity index (χ2v) is 13.7. The Morgan fingerprint density at radius 2 is 0.203 bits per heavy atom. The van der Waals surface area contributed by atoms with Gasteiger partial charge in [0.15, 0.2) is 105 Å². The van der Waals surface area contributed by atoms with Gasteiger partial charge >= 0.3 is 12.7 Å². The van der Waals surface area contributed by atoms with E-state index in [1.807, 2.05) is 0 Å². The lowest BCUT2D eigenvalue weighted by atomic mass is 9.20. The van der Waals surface area contributed by atoms with Crippen molar-refractivity contribution >= 4 is 45.5 Å². The van der Waals surface area contributed by atoms with Crippen LogP contribution >= 0.6 is 0 Å². The first-order valence-corrected chi connectivity index (χ1v) is 16.9. The van der Waals surface area contributed by atoms with Gasteiger partial charge in [-0.05, 0) is 32.8 Å². The van der Waals surface area contributed by atoms with E-state index in [9.17, 15) is 26.3 Å². The zero-order chi connectivity index (χ0) is 52.5. The summed E-state index contributed by atoms with van der Waals surface area (Å²) in [5.74, 6) is -123. The molecule has 0 aliphatic heterocycles. The van der Waals surface area contributed by atoms with Gasteiger partial charge < -0.3 is 4.57 Å². The summed E-state index contributed by atoms with van der Waals surface area (Å²) in [6, 6.07) is 0. The number of halogens is 30. The maximum atomic E-state index is 16.4. The second-order valence-electron chi connectivity index (χ2n) is 13.7. The van der Waals surface area contributed by atoms with Gasteiger partial charge in [0.1, 0.15) is 69.8 Å². The van der Waals surface area contributed by atoms with Crippen molar-refractivity contribution < 1.29 is 136 Å². The van der Waals surface area contributed by atoms with Crippen molar-refractivity contribution in [3.8, 4) is 0 Å². The maximum Gasteiger partial charge on any atom is 0.345 e. The van der Waals surface area contributed by atoms with Crippen molar-refractivity contribution in [2.24, 2.45) is 0 Å². The molecule has 69 heavy (non-hydrogen) atoms. The molecule has 0 aliphatic carbocycles. The molecule has 0 radical (unpaired) electrons. The van der Waals surface area contributed by atoms with E-state index in [0.29, 0.717) is 0 Å². The Balaban J connectivity index is 2.29. The molecule has 0 aromatic heterocycles. The number of benzene rings is 6. The van der Waals surface area contributed by atoms with Crippen LogP contribution in [0.15, 0.2) is 0 Å². The average Bonchev–Trinajstić information content (AvgIpc) is 3.31. The van der Waals surface area contributed by atoms with E-state index >= 15 is 105 Å². The van der Waals surface area contributed by atoms with Gasteiger partial charge in [-0.3, -0.25) is 0 Å². The summed E-state index contributed by atoms with van der Waals surface area (Å²) < 4.78 is 471. The van der Waals surface area contributed by atoms with Crippen LogP contribution in [-0.2, 0) is 0 Å². The van der Waals surface area contributed by atoms with Crippen LogP contribution in [0.25, 0.3) is 0 Å². The SMILES string of the molecule is Fc1c(F)c(F)c([B-]([OH+][B-](c2c(F)c(F)c(F)c(F)c2F)(c2c(F)c(F)c(F)c(F)c2F)c2c(F)c(F)c(F)c(F)c2F)(c2c(F)c(F)c(F)c(F)c2F)c2c(F)c(F)c(F)c(F)c2F)c(F)c1F. The Labute approximate surface area is 356 Å². The van der Waals surface area contributed by atoms with Crippen LogP contribution in [0.4, 0.5) is 132 Å². The molecule has 6 aromatic rings. The minimum atomic E-state index is -8.45. The number of rotatable bonds is 8. The Morgan fingerprint density at radius 1 is 0.130 bits per heavy atom. The summed E-state index contributed by atoms with van der Waals surface area (Å²) in [6.07, 6.45) is -16.9. The highest BCUT2D eigenvalue weighted by Crippen LogP contribution is 2.34. The van der Waals surface area contributed by atoms with Crippen LogP contribution in [0, 0.1) is 175 Å². The van der Waals surface area contributed by atoms with Crippen LogP contribution in [-0.4, -0.2) is 17.3 Å². The first kappa shape index (κ1) is 51.7. The van der Waals surface area contributed by atoms with Gasteiger partial charge in [-0.1, -0.05) is 0 Å². The summed E-state index contributed by atoms with van der Waals surface area (Å²) in [5.41, 5.74) is -25.8. The first-order chi connectivity index (χ1) is 31.8. The lowest BCUT2D eigenvalue weighted by Crippen LogP contribution is -2.88. The first-order valence-electron chi connectivity index (χ1n) is 16.9. The molecule has 0 heterocycles. The molecule has 0 aliphatic rings. The van der Waals surface area contributed by atoms with Crippen LogP contribution in [0.3, 0.4) is 0 Å². The van der Waals surface area contributed by atoms with Crippen molar-refractivity contribution in [3.05, 3.63) is 175 Å². The molecule has 0 bridgehead atoms. The van der Waals surface area contributed by atoms with Crippen molar-refractivity contribution in [2.45, 2.75) is 0 Å². The van der Waals surface area contributed by atoms with Gasteiger partial charge in [-0.25, -0.2) is 132 Å². The Hall–Kier alpha value is -6.69. The molecular weight excluding hydrogens is 1040 g/mol. The Bertz CT molecular complexity index is 2560. The second kappa shape index (κ2) is 17.1. The molecule has 0 fully saturated rings. The van der Waals surface area contributed by atoms with Crippen molar-refractivity contribution in [1.29, 1.82) is 0 Å². The Morgan fingerprint density at radius 3 is 0.290 bits per heavy atom. The summed E-state index contributed by atoms with van der Waals surface area (Å²) in [4.78, 5) is 0. The molecule has 368 valence electrons. The highest BCUT2D eigenvalue weighted by Gasteiger charge is 2.62. The van der Waals surface area contributed by atoms with Gasteiger partial charge in [-0.2, -0.15) is 0 Å². The van der Waals surface area contributed by atoms with Crippen molar-refractivity contribution in [2.75, 3.05) is 0 Å². The molecule has 1 N–H and O–H groups in total. The zero-order valence-corrected chi connectivity index (χ0v) is 30.9. The van der Waals surface area contributed by atoms with Crippen molar-refractivity contribution in [3.63, 3.8) is 0 Å². The molecule has 0 unspecified atom stereocenters. The minimum Gasteiger partial charge on any atom is -0.921 e. The summed E-state index contributed by atoms with van der Waals surface area (Å²) in [5, 5.41) is 0. The normalized spacial score (nSPS) is 12.3. The molecule has 0 saturated carbocycles. The lowest BCUT2D eigenvalue weighted by molar-refractivity contribution is 0.329. The summed E-state index contributed by atoms with van der Waals surface area (Å²) >= 11 is 0. The van der Waals surface area contributed by atoms with Crippen molar-refractivity contribution in [1.82, 2.24) is 0 Å². The molecule has 0 atom stereocenters. The van der Waals surface area contributed by atoms with E-state index in [2.05, 4.69) is 4.57 Å². The molecule has 1 nitrogen and oxygen atoms in total. The van der Waals surface area contributed by atoms with Crippen LogP contribution in [0.5, 0.6) is 0 Å². The molecule has 0 saturated heterocycles. The van der Waals surface area contributed by atoms with E-state index in [1.54, 1.807) is 0 Å². The predicted octanol–water partition coefficient (Wildman–Crippen LogP) is 8.02. The van der Waals surface area contributed by atoms with Gasteiger partial charge in [0.25, 0.3) is 0 Å². The fourth-order valence-electron chi connectivity index (χ4n) is 7.58. The van der Waals surface area contributed by atoms with Gasteiger partial charge in [-0.15, -0.1) is 0 Å². The quantitative estimate of drug-likeness (QED) is 0.0483. The fourth-order valence-corrected chi connectivity index (χ4v) is 7.58. The smallest absolute Gasteiger partial charge is 0.345 e. The fraction of sp³-hybridized carbons (Fsp3) is 0.